The van der Waals surface area contributed by atoms with E-state index < -0.39 is 11.5 Å². The lowest BCUT2D eigenvalue weighted by molar-refractivity contribution is -0.129. The highest BCUT2D eigenvalue weighted by Gasteiger charge is 2.13. The average molecular weight is 374 g/mol. The molecule has 0 aliphatic heterocycles. The number of aromatic nitrogens is 2. The number of hydrogen-bond acceptors (Lipinski definition) is 7. The van der Waals surface area contributed by atoms with Crippen LogP contribution in [0.25, 0.3) is 11.3 Å². The zero-order valence-corrected chi connectivity index (χ0v) is 14.9. The fourth-order valence-electron chi connectivity index (χ4n) is 2.19. The average Bonchev–Trinajstić information content (AvgIpc) is 2.67. The number of thioether (sulfide) groups is 1. The number of hydroxylamine groups is 1. The van der Waals surface area contributed by atoms with Gasteiger partial charge in [0.1, 0.15) is 17.4 Å². The standard InChI is InChI=1S/C17H18N4O4S/c1-25-12-7-5-11(6-8-12)15-13(10-18)16(23)20-17(19-15)26-9-3-2-4-14(22)21-24/h5-8,24H,2-4,9H2,1H3,(H,21,22)(H,19,20,23). The molecule has 9 heteroatoms. The molecule has 26 heavy (non-hydrogen) atoms. The fourth-order valence-corrected chi connectivity index (χ4v) is 3.06. The Morgan fingerprint density at radius 1 is 1.38 bits per heavy atom. The second-order valence-electron chi connectivity index (χ2n) is 5.28. The van der Waals surface area contributed by atoms with Crippen LogP contribution in [-0.4, -0.2) is 33.9 Å². The van der Waals surface area contributed by atoms with Gasteiger partial charge in [0.15, 0.2) is 5.16 Å². The molecular formula is C17H18N4O4S. The lowest BCUT2D eigenvalue weighted by Gasteiger charge is -2.07. The number of carbonyl (C=O) groups is 1. The van der Waals surface area contributed by atoms with Crippen LogP contribution in [0, 0.1) is 11.3 Å². The number of methoxy groups -OCH3 is 1. The van der Waals surface area contributed by atoms with Gasteiger partial charge in [-0.15, -0.1) is 0 Å². The fraction of sp³-hybridized carbons (Fsp3) is 0.294. The Morgan fingerprint density at radius 2 is 2.12 bits per heavy atom. The maximum Gasteiger partial charge on any atom is 0.270 e. The Bertz CT molecular complexity index is 859. The Labute approximate surface area is 154 Å². The maximum atomic E-state index is 12.2. The number of nitrogens with zero attached hydrogens (tertiary/aromatic N) is 2. The first-order valence-corrected chi connectivity index (χ1v) is 8.82. The second-order valence-corrected chi connectivity index (χ2v) is 6.36. The summed E-state index contributed by atoms with van der Waals surface area (Å²) in [6.45, 7) is 0. The van der Waals surface area contributed by atoms with Gasteiger partial charge in [-0.1, -0.05) is 11.8 Å². The van der Waals surface area contributed by atoms with Crippen molar-refractivity contribution in [2.45, 2.75) is 24.4 Å². The molecule has 1 aromatic carbocycles. The molecular weight excluding hydrogens is 356 g/mol. The number of benzene rings is 1. The third-order valence-corrected chi connectivity index (χ3v) is 4.49. The molecule has 1 amide bonds. The van der Waals surface area contributed by atoms with Gasteiger partial charge in [-0.2, -0.15) is 5.26 Å². The molecule has 0 bridgehead atoms. The normalized spacial score (nSPS) is 10.2. The molecule has 8 nitrogen and oxygen atoms in total. The van der Waals surface area contributed by atoms with Crippen LogP contribution < -0.4 is 15.8 Å². The number of nitrogens with one attached hydrogen (secondary N) is 2. The number of H-pyrrole nitrogens is 1. The van der Waals surface area contributed by atoms with Crippen molar-refractivity contribution in [2.24, 2.45) is 0 Å². The Kier molecular flexibility index (Phi) is 7.20. The minimum absolute atomic E-state index is 0.0425. The molecule has 0 aliphatic carbocycles. The van der Waals surface area contributed by atoms with E-state index in [1.807, 2.05) is 6.07 Å². The minimum atomic E-state index is -0.490. The number of ether oxygens (including phenoxy) is 1. The van der Waals surface area contributed by atoms with Crippen molar-refractivity contribution >= 4 is 17.7 Å². The summed E-state index contributed by atoms with van der Waals surface area (Å²) in [6, 6.07) is 8.85. The van der Waals surface area contributed by atoms with Gasteiger partial charge in [0.25, 0.3) is 5.56 Å². The van der Waals surface area contributed by atoms with E-state index in [1.54, 1.807) is 36.9 Å². The third-order valence-electron chi connectivity index (χ3n) is 3.53. The van der Waals surface area contributed by atoms with Crippen LogP contribution in [0.4, 0.5) is 0 Å². The molecule has 0 fully saturated rings. The Balaban J connectivity index is 2.14. The molecule has 0 unspecified atom stereocenters. The molecule has 2 aromatic rings. The molecule has 1 heterocycles. The summed E-state index contributed by atoms with van der Waals surface area (Å²) >= 11 is 1.33. The largest absolute Gasteiger partial charge is 0.497 e. The monoisotopic (exact) mass is 374 g/mol. The highest BCUT2D eigenvalue weighted by molar-refractivity contribution is 7.99. The van der Waals surface area contributed by atoms with Gasteiger partial charge < -0.3 is 9.72 Å². The molecule has 0 aliphatic rings. The quantitative estimate of drug-likeness (QED) is 0.212. The van der Waals surface area contributed by atoms with Gasteiger partial charge in [0, 0.05) is 17.7 Å². The van der Waals surface area contributed by atoms with E-state index in [-0.39, 0.29) is 12.0 Å². The van der Waals surface area contributed by atoms with Crippen molar-refractivity contribution < 1.29 is 14.7 Å². The van der Waals surface area contributed by atoms with Crippen LogP contribution in [0.15, 0.2) is 34.2 Å². The van der Waals surface area contributed by atoms with E-state index in [2.05, 4.69) is 9.97 Å². The van der Waals surface area contributed by atoms with Gasteiger partial charge in [0.05, 0.1) is 12.8 Å². The summed E-state index contributed by atoms with van der Waals surface area (Å²) in [6.07, 6.45) is 1.54. The number of amides is 1. The van der Waals surface area contributed by atoms with Crippen LogP contribution in [0.3, 0.4) is 0 Å². The predicted molar refractivity (Wildman–Crippen MR) is 96.1 cm³/mol. The Morgan fingerprint density at radius 3 is 2.73 bits per heavy atom. The van der Waals surface area contributed by atoms with Crippen molar-refractivity contribution in [3.8, 4) is 23.1 Å². The summed E-state index contributed by atoms with van der Waals surface area (Å²) < 4.78 is 5.11. The lowest BCUT2D eigenvalue weighted by Crippen LogP contribution is -2.17. The Hall–Kier alpha value is -2.83. The van der Waals surface area contributed by atoms with Gasteiger partial charge in [0.2, 0.25) is 5.91 Å². The highest BCUT2D eigenvalue weighted by atomic mass is 32.2. The van der Waals surface area contributed by atoms with Crippen molar-refractivity contribution in [3.63, 3.8) is 0 Å². The van der Waals surface area contributed by atoms with Crippen LogP contribution in [-0.2, 0) is 4.79 Å². The number of unbranched alkanes of at least 4 members (excludes halogenated alkanes) is 1. The summed E-state index contributed by atoms with van der Waals surface area (Å²) in [5.41, 5.74) is 2.02. The van der Waals surface area contributed by atoms with E-state index in [0.717, 1.165) is 0 Å². The number of rotatable bonds is 8. The second kappa shape index (κ2) is 9.60. The van der Waals surface area contributed by atoms with Crippen LogP contribution in [0.2, 0.25) is 0 Å². The van der Waals surface area contributed by atoms with Gasteiger partial charge in [-0.3, -0.25) is 14.8 Å². The zero-order chi connectivity index (χ0) is 18.9. The van der Waals surface area contributed by atoms with Crippen LogP contribution in [0.1, 0.15) is 24.8 Å². The van der Waals surface area contributed by atoms with Crippen molar-refractivity contribution in [3.05, 3.63) is 40.2 Å². The van der Waals surface area contributed by atoms with E-state index in [4.69, 9.17) is 9.94 Å². The van der Waals surface area contributed by atoms with E-state index >= 15 is 0 Å². The predicted octanol–water partition coefficient (Wildman–Crippen LogP) is 2.08. The first-order valence-electron chi connectivity index (χ1n) is 7.83. The summed E-state index contributed by atoms with van der Waals surface area (Å²) in [4.78, 5) is 30.1. The maximum absolute atomic E-state index is 12.2. The van der Waals surface area contributed by atoms with E-state index in [0.29, 0.717) is 40.8 Å². The third kappa shape index (κ3) is 5.08. The SMILES string of the molecule is COc1ccc(-c2nc(SCCCCC(=O)NO)[nH]c(=O)c2C#N)cc1. The van der Waals surface area contributed by atoms with Gasteiger partial charge in [-0.25, -0.2) is 10.5 Å². The number of carbonyl (C=O) groups excluding carboxylic acids is 1. The van der Waals surface area contributed by atoms with Crippen molar-refractivity contribution in [1.29, 1.82) is 5.26 Å². The molecule has 2 rings (SSSR count). The summed E-state index contributed by atoms with van der Waals surface area (Å²) in [5.74, 6) is 0.871. The van der Waals surface area contributed by atoms with Crippen LogP contribution in [0.5, 0.6) is 5.75 Å². The molecule has 0 spiro atoms. The van der Waals surface area contributed by atoms with Crippen molar-refractivity contribution in [2.75, 3.05) is 12.9 Å². The highest BCUT2D eigenvalue weighted by Crippen LogP contribution is 2.24. The topological polar surface area (TPSA) is 128 Å². The lowest BCUT2D eigenvalue weighted by atomic mass is 10.1. The van der Waals surface area contributed by atoms with Gasteiger partial charge >= 0.3 is 0 Å². The zero-order valence-electron chi connectivity index (χ0n) is 14.1. The molecule has 3 N–H and O–H groups in total. The number of nitriles is 1. The molecule has 0 saturated carbocycles. The molecule has 0 radical (unpaired) electrons. The number of aromatic amines is 1. The van der Waals surface area contributed by atoms with E-state index in [1.165, 1.54) is 11.8 Å². The first kappa shape index (κ1) is 19.5. The van der Waals surface area contributed by atoms with E-state index in [9.17, 15) is 14.9 Å². The minimum Gasteiger partial charge on any atom is -0.497 e. The van der Waals surface area contributed by atoms with Crippen molar-refractivity contribution in [1.82, 2.24) is 15.4 Å². The molecule has 0 atom stereocenters. The first-order chi connectivity index (χ1) is 12.6. The summed E-state index contributed by atoms with van der Waals surface area (Å²) in [7, 11) is 1.56. The van der Waals surface area contributed by atoms with Gasteiger partial charge in [-0.05, 0) is 37.1 Å². The molecule has 0 saturated heterocycles. The van der Waals surface area contributed by atoms with Crippen LogP contribution >= 0.6 is 11.8 Å². The smallest absolute Gasteiger partial charge is 0.270 e. The number of hydrogen-bond donors (Lipinski definition) is 3. The summed E-state index contributed by atoms with van der Waals surface area (Å²) in [5, 5.41) is 18.1. The molecule has 136 valence electrons. The molecule has 1 aromatic heterocycles.